The van der Waals surface area contributed by atoms with Crippen LogP contribution in [0.3, 0.4) is 0 Å². The number of benzene rings is 1. The van der Waals surface area contributed by atoms with E-state index >= 15 is 0 Å². The molecular weight excluding hydrogens is 304 g/mol. The quantitative estimate of drug-likeness (QED) is 0.874. The van der Waals surface area contributed by atoms with Crippen molar-refractivity contribution in [3.05, 3.63) is 28.2 Å². The molecule has 0 amide bonds. The van der Waals surface area contributed by atoms with Gasteiger partial charge in [-0.3, -0.25) is 0 Å². The van der Waals surface area contributed by atoms with Gasteiger partial charge in [0.15, 0.2) is 0 Å². The second-order valence-electron chi connectivity index (χ2n) is 5.60. The maximum absolute atomic E-state index is 9.41. The fourth-order valence-corrected chi connectivity index (χ4v) is 3.27. The maximum atomic E-state index is 9.41. The van der Waals surface area contributed by atoms with E-state index in [9.17, 15) is 5.11 Å². The van der Waals surface area contributed by atoms with Crippen molar-refractivity contribution in [1.82, 2.24) is 5.32 Å². The zero-order chi connectivity index (χ0) is 13.2. The summed E-state index contributed by atoms with van der Waals surface area (Å²) in [6.45, 7) is 2.24. The molecule has 1 aromatic carbocycles. The summed E-state index contributed by atoms with van der Waals surface area (Å²) in [7, 11) is 0. The fourth-order valence-electron chi connectivity index (χ4n) is 2.77. The van der Waals surface area contributed by atoms with Crippen molar-refractivity contribution in [2.24, 2.45) is 0 Å². The van der Waals surface area contributed by atoms with E-state index in [2.05, 4.69) is 44.3 Å². The van der Waals surface area contributed by atoms with E-state index < -0.39 is 0 Å². The molecule has 1 heterocycles. The molecular formula is C15H21BrN2O. The van der Waals surface area contributed by atoms with Crippen molar-refractivity contribution < 1.29 is 5.11 Å². The second kappa shape index (κ2) is 5.81. The first kappa shape index (κ1) is 13.4. The van der Waals surface area contributed by atoms with Crippen molar-refractivity contribution in [2.45, 2.75) is 44.3 Å². The minimum Gasteiger partial charge on any atom is -0.394 e. The van der Waals surface area contributed by atoms with E-state index in [1.807, 2.05) is 0 Å². The fraction of sp³-hybridized carbons (Fsp3) is 0.600. The van der Waals surface area contributed by atoms with Gasteiger partial charge in [-0.25, -0.2) is 0 Å². The molecule has 19 heavy (non-hydrogen) atoms. The molecule has 0 spiro atoms. The van der Waals surface area contributed by atoms with E-state index in [1.54, 1.807) is 0 Å². The van der Waals surface area contributed by atoms with Crippen LogP contribution in [0.25, 0.3) is 0 Å². The molecule has 1 saturated carbocycles. The molecule has 1 aliphatic heterocycles. The van der Waals surface area contributed by atoms with Gasteiger partial charge in [0.25, 0.3) is 0 Å². The maximum Gasteiger partial charge on any atom is 0.0635 e. The Morgan fingerprint density at radius 1 is 1.32 bits per heavy atom. The minimum atomic E-state index is 0.253. The second-order valence-corrected chi connectivity index (χ2v) is 6.46. The predicted molar refractivity (Wildman–Crippen MR) is 81.5 cm³/mol. The van der Waals surface area contributed by atoms with Gasteiger partial charge in [0.05, 0.1) is 12.6 Å². The lowest BCUT2D eigenvalue weighted by Gasteiger charge is -2.26. The topological polar surface area (TPSA) is 35.5 Å². The van der Waals surface area contributed by atoms with Crippen molar-refractivity contribution in [3.63, 3.8) is 0 Å². The molecule has 2 fully saturated rings. The summed E-state index contributed by atoms with van der Waals surface area (Å²) >= 11 is 3.68. The smallest absolute Gasteiger partial charge is 0.0635 e. The van der Waals surface area contributed by atoms with Crippen LogP contribution >= 0.6 is 15.9 Å². The number of nitrogens with zero attached hydrogens (tertiary/aromatic N) is 1. The molecule has 1 atom stereocenters. The van der Waals surface area contributed by atoms with Crippen molar-refractivity contribution in [2.75, 3.05) is 18.1 Å². The lowest BCUT2D eigenvalue weighted by atomic mass is 10.1. The Kier molecular flexibility index (Phi) is 4.10. The van der Waals surface area contributed by atoms with Crippen molar-refractivity contribution >= 4 is 21.6 Å². The Labute approximate surface area is 123 Å². The highest BCUT2D eigenvalue weighted by molar-refractivity contribution is 9.10. The van der Waals surface area contributed by atoms with Crippen LogP contribution in [0.2, 0.25) is 0 Å². The van der Waals surface area contributed by atoms with E-state index in [-0.39, 0.29) is 6.61 Å². The van der Waals surface area contributed by atoms with E-state index in [4.69, 9.17) is 0 Å². The molecule has 2 aliphatic rings. The first-order valence-corrected chi connectivity index (χ1v) is 7.96. The summed E-state index contributed by atoms with van der Waals surface area (Å²) in [6.07, 6.45) is 4.91. The average molecular weight is 325 g/mol. The van der Waals surface area contributed by atoms with E-state index in [0.29, 0.717) is 6.04 Å². The van der Waals surface area contributed by atoms with Gasteiger partial charge < -0.3 is 15.3 Å². The van der Waals surface area contributed by atoms with Crippen LogP contribution in [0.5, 0.6) is 0 Å². The van der Waals surface area contributed by atoms with Gasteiger partial charge in [0.2, 0.25) is 0 Å². The van der Waals surface area contributed by atoms with Gasteiger partial charge >= 0.3 is 0 Å². The first-order chi connectivity index (χ1) is 9.28. The summed E-state index contributed by atoms with van der Waals surface area (Å²) in [6, 6.07) is 7.61. The number of rotatable bonds is 5. The van der Waals surface area contributed by atoms with Gasteiger partial charge in [-0.1, -0.05) is 22.0 Å². The number of halogens is 1. The summed E-state index contributed by atoms with van der Waals surface area (Å²) in [5, 5.41) is 12.9. The van der Waals surface area contributed by atoms with E-state index in [0.717, 1.165) is 25.6 Å². The van der Waals surface area contributed by atoms with Gasteiger partial charge in [0.1, 0.15) is 0 Å². The molecule has 104 valence electrons. The highest BCUT2D eigenvalue weighted by Gasteiger charge is 2.24. The third-order valence-electron chi connectivity index (χ3n) is 4.11. The third-order valence-corrected chi connectivity index (χ3v) is 4.85. The minimum absolute atomic E-state index is 0.253. The van der Waals surface area contributed by atoms with Gasteiger partial charge in [0, 0.05) is 29.3 Å². The number of anilines is 1. The molecule has 0 aromatic heterocycles. The van der Waals surface area contributed by atoms with Crippen LogP contribution in [0.4, 0.5) is 5.69 Å². The molecule has 0 radical (unpaired) electrons. The van der Waals surface area contributed by atoms with Crippen molar-refractivity contribution in [3.8, 4) is 0 Å². The lowest BCUT2D eigenvalue weighted by Crippen LogP contribution is -2.32. The van der Waals surface area contributed by atoms with Crippen LogP contribution in [0.15, 0.2) is 22.7 Å². The summed E-state index contributed by atoms with van der Waals surface area (Å²) in [4.78, 5) is 2.32. The Morgan fingerprint density at radius 3 is 2.84 bits per heavy atom. The van der Waals surface area contributed by atoms with Gasteiger partial charge in [-0.15, -0.1) is 0 Å². The lowest BCUT2D eigenvalue weighted by molar-refractivity contribution is 0.266. The zero-order valence-corrected chi connectivity index (χ0v) is 12.7. The molecule has 0 bridgehead atoms. The van der Waals surface area contributed by atoms with Crippen LogP contribution in [-0.2, 0) is 6.54 Å². The normalized spacial score (nSPS) is 23.1. The van der Waals surface area contributed by atoms with Crippen LogP contribution < -0.4 is 10.2 Å². The Bertz CT molecular complexity index is 448. The first-order valence-electron chi connectivity index (χ1n) is 7.17. The highest BCUT2D eigenvalue weighted by atomic mass is 79.9. The van der Waals surface area contributed by atoms with Crippen LogP contribution in [0.1, 0.15) is 31.2 Å². The molecule has 1 aromatic rings. The third kappa shape index (κ3) is 3.12. The molecule has 1 unspecified atom stereocenters. The SMILES string of the molecule is OCC1CCCN1c1ccc(CNC2CC2)c(Br)c1. The van der Waals surface area contributed by atoms with Crippen LogP contribution in [0, 0.1) is 0 Å². The van der Waals surface area contributed by atoms with E-state index in [1.165, 1.54) is 35.0 Å². The number of nitrogens with one attached hydrogen (secondary N) is 1. The summed E-state index contributed by atoms with van der Waals surface area (Å²) < 4.78 is 1.17. The summed E-state index contributed by atoms with van der Waals surface area (Å²) in [5.41, 5.74) is 2.54. The standard InChI is InChI=1S/C15H21BrN2O/c16-15-8-13(18-7-1-2-14(18)10-19)6-3-11(15)9-17-12-4-5-12/h3,6,8,12,14,17,19H,1-2,4-5,7,9-10H2. The predicted octanol–water partition coefficient (Wildman–Crippen LogP) is 2.66. The Morgan fingerprint density at radius 2 is 2.16 bits per heavy atom. The molecule has 1 aliphatic carbocycles. The number of aliphatic hydroxyl groups excluding tert-OH is 1. The molecule has 2 N–H and O–H groups in total. The molecule has 4 heteroatoms. The summed E-state index contributed by atoms with van der Waals surface area (Å²) in [5.74, 6) is 0. The molecule has 3 rings (SSSR count). The number of aliphatic hydroxyl groups is 1. The monoisotopic (exact) mass is 324 g/mol. The largest absolute Gasteiger partial charge is 0.394 e. The number of hydrogen-bond donors (Lipinski definition) is 2. The average Bonchev–Trinajstić information content (AvgIpc) is 3.12. The Balaban J connectivity index is 1.70. The van der Waals surface area contributed by atoms with Gasteiger partial charge in [-0.05, 0) is 43.4 Å². The molecule has 3 nitrogen and oxygen atoms in total. The molecule has 1 saturated heterocycles. The number of hydrogen-bond acceptors (Lipinski definition) is 3. The van der Waals surface area contributed by atoms with Crippen molar-refractivity contribution in [1.29, 1.82) is 0 Å². The highest BCUT2D eigenvalue weighted by Crippen LogP contribution is 2.30. The zero-order valence-electron chi connectivity index (χ0n) is 11.1. The van der Waals surface area contributed by atoms with Gasteiger partial charge in [-0.2, -0.15) is 0 Å². The van der Waals surface area contributed by atoms with Crippen LogP contribution in [-0.4, -0.2) is 30.3 Å². The Hall–Kier alpha value is -0.580.